The molecule has 1 saturated carbocycles. The van der Waals surface area contributed by atoms with Gasteiger partial charge in [-0.2, -0.15) is 10.1 Å². The number of carbonyl (C=O) groups excluding carboxylic acids is 1. The minimum Gasteiger partial charge on any atom is -0.342 e. The highest BCUT2D eigenvalue weighted by molar-refractivity contribution is 6.29. The Hall–Kier alpha value is -3.33. The molecular weight excluding hydrogens is 411 g/mol. The van der Waals surface area contributed by atoms with Crippen molar-refractivity contribution in [1.82, 2.24) is 24.7 Å². The molecule has 3 aromatic heterocycles. The van der Waals surface area contributed by atoms with Gasteiger partial charge < -0.3 is 9.84 Å². The molecule has 0 unspecified atom stereocenters. The van der Waals surface area contributed by atoms with E-state index in [1.807, 2.05) is 32.0 Å². The van der Waals surface area contributed by atoms with Crippen LogP contribution in [0.3, 0.4) is 0 Å². The van der Waals surface area contributed by atoms with Gasteiger partial charge in [-0.1, -0.05) is 28.9 Å². The number of aryl methyl sites for hydroxylation is 2. The van der Waals surface area contributed by atoms with Crippen LogP contribution >= 0.6 is 11.6 Å². The van der Waals surface area contributed by atoms with Gasteiger partial charge in [0.25, 0.3) is 0 Å². The molecule has 1 aliphatic rings. The van der Waals surface area contributed by atoms with Crippen LogP contribution in [-0.4, -0.2) is 37.3 Å². The van der Waals surface area contributed by atoms with Gasteiger partial charge in [0.1, 0.15) is 11.3 Å². The average Bonchev–Trinajstić information content (AvgIpc) is 3.19. The number of fused-ring (bicyclic) bond motifs is 1. The molecule has 0 saturated heterocycles. The van der Waals surface area contributed by atoms with Crippen LogP contribution in [0.1, 0.15) is 24.1 Å². The van der Waals surface area contributed by atoms with Gasteiger partial charge in [0.05, 0.1) is 11.9 Å². The minimum absolute atomic E-state index is 0.417. The minimum atomic E-state index is -0.417. The summed E-state index contributed by atoms with van der Waals surface area (Å²) in [6.45, 7) is 3.84. The maximum atomic E-state index is 11.1. The van der Waals surface area contributed by atoms with E-state index in [9.17, 15) is 9.18 Å². The number of hydrogen-bond donors (Lipinski definition) is 1. The Morgan fingerprint density at radius 2 is 2.00 bits per heavy atom. The van der Waals surface area contributed by atoms with E-state index in [4.69, 9.17) is 11.6 Å². The SMILES string of the molecule is Cc1ccc(-c2ncon2)cc1NC=O.Cc1cnc2ccc(Cl)nn12.FC1CC1. The van der Waals surface area contributed by atoms with E-state index < -0.39 is 6.17 Å². The van der Waals surface area contributed by atoms with Crippen LogP contribution in [-0.2, 0) is 4.79 Å². The van der Waals surface area contributed by atoms with E-state index in [2.05, 4.69) is 30.1 Å². The Bertz CT molecular complexity index is 1110. The smallest absolute Gasteiger partial charge is 0.214 e. The zero-order chi connectivity index (χ0) is 21.5. The van der Waals surface area contributed by atoms with Crippen molar-refractivity contribution in [2.75, 3.05) is 5.32 Å². The molecule has 10 heteroatoms. The number of anilines is 1. The van der Waals surface area contributed by atoms with Crippen molar-refractivity contribution in [2.24, 2.45) is 0 Å². The van der Waals surface area contributed by atoms with Gasteiger partial charge in [0, 0.05) is 11.3 Å². The first-order chi connectivity index (χ1) is 14.5. The molecule has 0 atom stereocenters. The Morgan fingerprint density at radius 1 is 1.23 bits per heavy atom. The molecule has 0 radical (unpaired) electrons. The number of amides is 1. The Balaban J connectivity index is 0.000000148. The molecule has 0 aliphatic heterocycles. The maximum absolute atomic E-state index is 11.1. The van der Waals surface area contributed by atoms with Crippen LogP contribution in [0.15, 0.2) is 47.4 Å². The number of aromatic nitrogens is 5. The summed E-state index contributed by atoms with van der Waals surface area (Å²) in [5.41, 5.74) is 4.34. The topological polar surface area (TPSA) is 98.2 Å². The molecule has 8 nitrogen and oxygen atoms in total. The summed E-state index contributed by atoms with van der Waals surface area (Å²) in [5, 5.41) is 10.9. The number of carbonyl (C=O) groups is 1. The quantitative estimate of drug-likeness (QED) is 0.483. The van der Waals surface area contributed by atoms with Crippen LogP contribution in [0.2, 0.25) is 5.15 Å². The maximum Gasteiger partial charge on any atom is 0.214 e. The molecule has 1 fully saturated rings. The van der Waals surface area contributed by atoms with Gasteiger partial charge in [-0.05, 0) is 50.5 Å². The average molecular weight is 431 g/mol. The Labute approximate surface area is 177 Å². The molecule has 1 amide bonds. The molecule has 30 heavy (non-hydrogen) atoms. The lowest BCUT2D eigenvalue weighted by Crippen LogP contribution is -1.96. The molecule has 156 valence electrons. The number of hydrogen-bond acceptors (Lipinski definition) is 6. The predicted octanol–water partition coefficient (Wildman–Crippen LogP) is 4.42. The molecule has 1 N–H and O–H groups in total. The summed E-state index contributed by atoms with van der Waals surface area (Å²) in [6.07, 6.45) is 4.89. The van der Waals surface area contributed by atoms with Crippen molar-refractivity contribution in [3.8, 4) is 11.4 Å². The number of imidazole rings is 1. The summed E-state index contributed by atoms with van der Waals surface area (Å²) in [5.74, 6) is 0.504. The molecule has 4 aromatic rings. The molecule has 1 aromatic carbocycles. The second kappa shape index (κ2) is 9.93. The van der Waals surface area contributed by atoms with Gasteiger partial charge in [0.15, 0.2) is 5.65 Å². The van der Waals surface area contributed by atoms with E-state index in [0.29, 0.717) is 17.4 Å². The molecule has 0 bridgehead atoms. The number of benzene rings is 1. The number of nitrogens with one attached hydrogen (secondary N) is 1. The zero-order valence-electron chi connectivity index (χ0n) is 16.4. The third-order valence-corrected chi connectivity index (χ3v) is 4.28. The second-order valence-corrected chi connectivity index (χ2v) is 6.93. The van der Waals surface area contributed by atoms with Gasteiger partial charge >= 0.3 is 0 Å². The standard InChI is InChI=1S/C10H9N3O2.C7H6ClN3.C3H5F/c1-7-2-3-8(4-9(7)11-5-14)10-12-6-15-13-10;1-5-4-9-7-3-2-6(8)10-11(5)7;4-3-1-2-3/h2-6H,1H3,(H,11,14);2-4H,1H3;3H,1-2H2. The number of halogens is 2. The highest BCUT2D eigenvalue weighted by Crippen LogP contribution is 2.22. The van der Waals surface area contributed by atoms with E-state index >= 15 is 0 Å². The first kappa shape index (κ1) is 21.4. The third kappa shape index (κ3) is 5.84. The number of nitrogens with zero attached hydrogens (tertiary/aromatic N) is 5. The van der Waals surface area contributed by atoms with Gasteiger partial charge in [-0.15, -0.1) is 0 Å². The second-order valence-electron chi connectivity index (χ2n) is 6.55. The fourth-order valence-electron chi connectivity index (χ4n) is 2.31. The van der Waals surface area contributed by atoms with Crippen molar-refractivity contribution >= 4 is 29.3 Å². The normalized spacial score (nSPS) is 12.4. The van der Waals surface area contributed by atoms with E-state index in [0.717, 1.165) is 41.0 Å². The highest BCUT2D eigenvalue weighted by atomic mass is 35.5. The Kier molecular flexibility index (Phi) is 7.08. The lowest BCUT2D eigenvalue weighted by Gasteiger charge is -2.04. The van der Waals surface area contributed by atoms with Crippen LogP contribution in [0.25, 0.3) is 17.0 Å². The summed E-state index contributed by atoms with van der Waals surface area (Å²) >= 11 is 5.69. The molecular formula is C20H20ClFN6O2. The number of alkyl halides is 1. The monoisotopic (exact) mass is 430 g/mol. The first-order valence-corrected chi connectivity index (χ1v) is 9.54. The van der Waals surface area contributed by atoms with Crippen LogP contribution < -0.4 is 5.32 Å². The fraction of sp³-hybridized carbons (Fsp3) is 0.250. The fourth-order valence-corrected chi connectivity index (χ4v) is 2.44. The van der Waals surface area contributed by atoms with Crippen molar-refractivity contribution < 1.29 is 13.7 Å². The van der Waals surface area contributed by atoms with Gasteiger partial charge in [-0.3, -0.25) is 4.79 Å². The molecule has 5 rings (SSSR count). The first-order valence-electron chi connectivity index (χ1n) is 9.16. The van der Waals surface area contributed by atoms with Crippen LogP contribution in [0.5, 0.6) is 0 Å². The highest BCUT2D eigenvalue weighted by Gasteiger charge is 2.18. The van der Waals surface area contributed by atoms with Gasteiger partial charge in [0.2, 0.25) is 18.6 Å². The molecule has 1 aliphatic carbocycles. The van der Waals surface area contributed by atoms with Crippen molar-refractivity contribution in [2.45, 2.75) is 32.9 Å². The summed E-state index contributed by atoms with van der Waals surface area (Å²) in [4.78, 5) is 18.4. The third-order valence-electron chi connectivity index (χ3n) is 4.08. The largest absolute Gasteiger partial charge is 0.342 e. The Morgan fingerprint density at radius 3 is 2.63 bits per heavy atom. The number of rotatable bonds is 3. The van der Waals surface area contributed by atoms with E-state index in [-0.39, 0.29) is 0 Å². The molecule has 3 heterocycles. The lowest BCUT2D eigenvalue weighted by atomic mass is 10.1. The van der Waals surface area contributed by atoms with Crippen LogP contribution in [0, 0.1) is 13.8 Å². The summed E-state index contributed by atoms with van der Waals surface area (Å²) in [6, 6.07) is 9.12. The van der Waals surface area contributed by atoms with Crippen molar-refractivity contribution in [1.29, 1.82) is 0 Å². The van der Waals surface area contributed by atoms with E-state index in [1.54, 1.807) is 22.8 Å². The van der Waals surface area contributed by atoms with Crippen molar-refractivity contribution in [3.63, 3.8) is 0 Å². The van der Waals surface area contributed by atoms with Crippen molar-refractivity contribution in [3.05, 3.63) is 59.3 Å². The predicted molar refractivity (Wildman–Crippen MR) is 111 cm³/mol. The van der Waals surface area contributed by atoms with Crippen LogP contribution in [0.4, 0.5) is 10.1 Å². The lowest BCUT2D eigenvalue weighted by molar-refractivity contribution is -0.105. The van der Waals surface area contributed by atoms with Gasteiger partial charge in [-0.25, -0.2) is 13.9 Å². The molecule has 0 spiro atoms. The zero-order valence-corrected chi connectivity index (χ0v) is 17.2. The summed E-state index contributed by atoms with van der Waals surface area (Å²) < 4.78 is 17.5. The summed E-state index contributed by atoms with van der Waals surface area (Å²) in [7, 11) is 0. The van der Waals surface area contributed by atoms with E-state index in [1.165, 1.54) is 6.39 Å².